The average molecular weight is 359 g/mol. The first-order chi connectivity index (χ1) is 12.6. The topological polar surface area (TPSA) is 61.9 Å². The first-order valence-electron chi connectivity index (χ1n) is 9.56. The van der Waals surface area contributed by atoms with Crippen LogP contribution in [0.2, 0.25) is 0 Å². The highest BCUT2D eigenvalue weighted by Gasteiger charge is 2.51. The van der Waals surface area contributed by atoms with Gasteiger partial charge in [0.1, 0.15) is 0 Å². The summed E-state index contributed by atoms with van der Waals surface area (Å²) in [6.07, 6.45) is 1.47. The number of carbonyl (C=O) groups excluding carboxylic acids is 2. The van der Waals surface area contributed by atoms with Crippen LogP contribution in [-0.4, -0.2) is 67.2 Å². The largest absolute Gasteiger partial charge is 0.450 e. The van der Waals surface area contributed by atoms with Crippen molar-refractivity contribution in [2.45, 2.75) is 32.7 Å². The Morgan fingerprint density at radius 2 is 1.96 bits per heavy atom. The Hall–Kier alpha value is -2.08. The van der Waals surface area contributed by atoms with Crippen LogP contribution >= 0.6 is 0 Å². The predicted octanol–water partition coefficient (Wildman–Crippen LogP) is 1.90. The molecule has 1 N–H and O–H groups in total. The molecule has 0 aliphatic carbocycles. The summed E-state index contributed by atoms with van der Waals surface area (Å²) in [5.41, 5.74) is 0.826. The van der Waals surface area contributed by atoms with Crippen molar-refractivity contribution in [3.05, 3.63) is 35.9 Å². The van der Waals surface area contributed by atoms with Crippen LogP contribution in [0.25, 0.3) is 0 Å². The van der Waals surface area contributed by atoms with Crippen molar-refractivity contribution in [1.29, 1.82) is 0 Å². The number of hydrogen-bond acceptors (Lipinski definition) is 4. The van der Waals surface area contributed by atoms with Crippen molar-refractivity contribution in [3.63, 3.8) is 0 Å². The van der Waals surface area contributed by atoms with E-state index in [1.54, 1.807) is 4.90 Å². The minimum absolute atomic E-state index is 0.139. The molecule has 26 heavy (non-hydrogen) atoms. The van der Waals surface area contributed by atoms with E-state index >= 15 is 0 Å². The second-order valence-electron chi connectivity index (χ2n) is 7.29. The van der Waals surface area contributed by atoms with Gasteiger partial charge in [-0.2, -0.15) is 0 Å². The third kappa shape index (κ3) is 3.85. The van der Waals surface area contributed by atoms with E-state index < -0.39 is 0 Å². The molecule has 6 nitrogen and oxygen atoms in total. The third-order valence-corrected chi connectivity index (χ3v) is 5.42. The van der Waals surface area contributed by atoms with Crippen LogP contribution in [0.3, 0.4) is 0 Å². The quantitative estimate of drug-likeness (QED) is 0.843. The molecule has 1 aromatic rings. The average Bonchev–Trinajstić information content (AvgIpc) is 3.09. The number of likely N-dealkylation sites (tertiary alicyclic amines) is 2. The smallest absolute Gasteiger partial charge is 0.409 e. The summed E-state index contributed by atoms with van der Waals surface area (Å²) in [6.45, 7) is 7.74. The predicted molar refractivity (Wildman–Crippen MR) is 99.8 cm³/mol. The number of benzene rings is 1. The Balaban J connectivity index is 1.62. The Kier molecular flexibility index (Phi) is 5.81. The first-order valence-corrected chi connectivity index (χ1v) is 9.56. The van der Waals surface area contributed by atoms with E-state index in [4.69, 9.17) is 4.74 Å². The number of amides is 2. The summed E-state index contributed by atoms with van der Waals surface area (Å²) in [7, 11) is 0. The third-order valence-electron chi connectivity index (χ3n) is 5.42. The van der Waals surface area contributed by atoms with Gasteiger partial charge in [-0.3, -0.25) is 9.69 Å². The van der Waals surface area contributed by atoms with Crippen LogP contribution < -0.4 is 5.32 Å². The molecule has 2 aliphatic heterocycles. The maximum atomic E-state index is 12.7. The summed E-state index contributed by atoms with van der Waals surface area (Å²) in [4.78, 5) is 28.8. The normalized spacial score (nSPS) is 21.9. The molecule has 142 valence electrons. The van der Waals surface area contributed by atoms with E-state index in [1.165, 1.54) is 5.56 Å². The van der Waals surface area contributed by atoms with Gasteiger partial charge >= 0.3 is 6.09 Å². The molecule has 0 saturated carbocycles. The van der Waals surface area contributed by atoms with Crippen LogP contribution in [0.1, 0.15) is 25.8 Å². The zero-order valence-corrected chi connectivity index (χ0v) is 15.7. The highest BCUT2D eigenvalue weighted by molar-refractivity contribution is 5.84. The van der Waals surface area contributed by atoms with Crippen LogP contribution in [0.4, 0.5) is 4.79 Å². The summed E-state index contributed by atoms with van der Waals surface area (Å²) < 4.78 is 5.10. The number of ether oxygens (including phenoxy) is 1. The molecule has 2 fully saturated rings. The maximum Gasteiger partial charge on any atom is 0.409 e. The molecule has 2 amide bonds. The van der Waals surface area contributed by atoms with Gasteiger partial charge in [0, 0.05) is 38.8 Å². The van der Waals surface area contributed by atoms with Gasteiger partial charge in [-0.1, -0.05) is 30.3 Å². The van der Waals surface area contributed by atoms with Gasteiger partial charge in [-0.25, -0.2) is 4.79 Å². The number of carbonyl (C=O) groups is 2. The standard InChI is InChI=1S/C20H29N3O3/c1-3-21-18(24)20(12-16-8-6-5-7-9-16)14-23(15-20)17-10-11-22(13-17)19(25)26-4-2/h5-9,17H,3-4,10-15H2,1-2H3,(H,21,24). The molecule has 0 radical (unpaired) electrons. The van der Waals surface area contributed by atoms with Crippen LogP contribution in [0, 0.1) is 5.41 Å². The Morgan fingerprint density at radius 3 is 2.62 bits per heavy atom. The molecule has 1 unspecified atom stereocenters. The Morgan fingerprint density at radius 1 is 1.23 bits per heavy atom. The fraction of sp³-hybridized carbons (Fsp3) is 0.600. The molecule has 2 aliphatic rings. The van der Waals surface area contributed by atoms with E-state index in [0.29, 0.717) is 25.7 Å². The highest BCUT2D eigenvalue weighted by atomic mass is 16.6. The molecule has 1 aromatic carbocycles. The number of nitrogens with zero attached hydrogens (tertiary/aromatic N) is 2. The molecular weight excluding hydrogens is 330 g/mol. The van der Waals surface area contributed by atoms with Crippen molar-refractivity contribution in [2.24, 2.45) is 5.41 Å². The zero-order chi connectivity index (χ0) is 18.6. The maximum absolute atomic E-state index is 12.7. The number of rotatable bonds is 6. The molecule has 0 bridgehead atoms. The van der Waals surface area contributed by atoms with Gasteiger partial charge in [0.05, 0.1) is 12.0 Å². The van der Waals surface area contributed by atoms with Crippen LogP contribution in [-0.2, 0) is 16.0 Å². The van der Waals surface area contributed by atoms with Gasteiger partial charge in [0.15, 0.2) is 0 Å². The first kappa shape index (κ1) is 18.7. The summed E-state index contributed by atoms with van der Waals surface area (Å²) in [5.74, 6) is 0.139. The molecule has 3 rings (SSSR count). The summed E-state index contributed by atoms with van der Waals surface area (Å²) >= 11 is 0. The highest BCUT2D eigenvalue weighted by Crippen LogP contribution is 2.37. The molecule has 2 heterocycles. The fourth-order valence-corrected chi connectivity index (χ4v) is 4.08. The second-order valence-corrected chi connectivity index (χ2v) is 7.29. The minimum atomic E-state index is -0.366. The van der Waals surface area contributed by atoms with E-state index in [-0.39, 0.29) is 17.4 Å². The van der Waals surface area contributed by atoms with Crippen molar-refractivity contribution < 1.29 is 14.3 Å². The van der Waals surface area contributed by atoms with E-state index in [2.05, 4.69) is 22.3 Å². The lowest BCUT2D eigenvalue weighted by molar-refractivity contribution is -0.144. The zero-order valence-electron chi connectivity index (χ0n) is 15.7. The van der Waals surface area contributed by atoms with Gasteiger partial charge in [0.25, 0.3) is 0 Å². The van der Waals surface area contributed by atoms with Crippen LogP contribution in [0.5, 0.6) is 0 Å². The number of nitrogens with one attached hydrogen (secondary N) is 1. The molecular formula is C20H29N3O3. The monoisotopic (exact) mass is 359 g/mol. The van der Waals surface area contributed by atoms with E-state index in [0.717, 1.165) is 32.5 Å². The second kappa shape index (κ2) is 8.08. The van der Waals surface area contributed by atoms with Gasteiger partial charge < -0.3 is 15.0 Å². The van der Waals surface area contributed by atoms with Crippen molar-refractivity contribution >= 4 is 12.0 Å². The van der Waals surface area contributed by atoms with Gasteiger partial charge in [-0.05, 0) is 32.3 Å². The lowest BCUT2D eigenvalue weighted by Crippen LogP contribution is -2.66. The molecule has 2 saturated heterocycles. The molecule has 0 aromatic heterocycles. The summed E-state index contributed by atoms with van der Waals surface area (Å²) in [6, 6.07) is 10.5. The van der Waals surface area contributed by atoms with E-state index in [9.17, 15) is 9.59 Å². The van der Waals surface area contributed by atoms with Crippen molar-refractivity contribution in [2.75, 3.05) is 39.3 Å². The minimum Gasteiger partial charge on any atom is -0.450 e. The Labute approximate surface area is 155 Å². The Bertz CT molecular complexity index is 628. The van der Waals surface area contributed by atoms with Crippen LogP contribution in [0.15, 0.2) is 30.3 Å². The SMILES string of the molecule is CCNC(=O)C1(Cc2ccccc2)CN(C2CCN(C(=O)OCC)C2)C1. The van der Waals surface area contributed by atoms with Gasteiger partial charge in [0.2, 0.25) is 5.91 Å². The molecule has 1 atom stereocenters. The lowest BCUT2D eigenvalue weighted by atomic mass is 9.73. The molecule has 0 spiro atoms. The fourth-order valence-electron chi connectivity index (χ4n) is 4.08. The summed E-state index contributed by atoms with van der Waals surface area (Å²) in [5, 5.41) is 3.01. The van der Waals surface area contributed by atoms with E-state index in [1.807, 2.05) is 32.0 Å². The lowest BCUT2D eigenvalue weighted by Gasteiger charge is -2.51. The number of hydrogen-bond donors (Lipinski definition) is 1. The molecule has 6 heteroatoms. The van der Waals surface area contributed by atoms with Crippen molar-refractivity contribution in [1.82, 2.24) is 15.1 Å². The van der Waals surface area contributed by atoms with Gasteiger partial charge in [-0.15, -0.1) is 0 Å². The van der Waals surface area contributed by atoms with Crippen molar-refractivity contribution in [3.8, 4) is 0 Å².